The van der Waals surface area contributed by atoms with Gasteiger partial charge in [0.2, 0.25) is 0 Å². The average molecular weight is 316 g/mol. The Labute approximate surface area is 118 Å². The molecular formula is C14H22BrNS. The summed E-state index contributed by atoms with van der Waals surface area (Å²) in [6, 6.07) is 7.16. The Bertz CT molecular complexity index is 341. The molecular weight excluding hydrogens is 294 g/mol. The number of hydrogen-bond acceptors (Lipinski definition) is 2. The number of thioether (sulfide) groups is 1. The molecule has 1 unspecified atom stereocenters. The van der Waals surface area contributed by atoms with Gasteiger partial charge >= 0.3 is 0 Å². The molecule has 0 aliphatic carbocycles. The zero-order chi connectivity index (χ0) is 12.7. The van der Waals surface area contributed by atoms with Crippen molar-refractivity contribution in [1.82, 2.24) is 5.32 Å². The van der Waals surface area contributed by atoms with Crippen molar-refractivity contribution in [2.45, 2.75) is 39.8 Å². The third-order valence-corrected chi connectivity index (χ3v) is 4.58. The molecule has 0 aliphatic rings. The molecule has 1 N–H and O–H groups in total. The van der Waals surface area contributed by atoms with Crippen molar-refractivity contribution in [1.29, 1.82) is 0 Å². The Morgan fingerprint density at radius 1 is 1.41 bits per heavy atom. The maximum Gasteiger partial charge on any atom is 0.0208 e. The van der Waals surface area contributed by atoms with Crippen LogP contribution in [0.25, 0.3) is 0 Å². The number of aryl methyl sites for hydroxylation is 1. The second kappa shape index (κ2) is 8.17. The standard InChI is InChI=1S/C14H22BrNS/c1-4-17-8-7-12(3)16-10-13-6-5-11(2)14(15)9-13/h5-6,9,12,16H,4,7-8,10H2,1-3H3. The lowest BCUT2D eigenvalue weighted by atomic mass is 10.1. The lowest BCUT2D eigenvalue weighted by molar-refractivity contribution is 0.537. The summed E-state index contributed by atoms with van der Waals surface area (Å²) in [5.41, 5.74) is 2.64. The van der Waals surface area contributed by atoms with Gasteiger partial charge in [-0.25, -0.2) is 0 Å². The highest BCUT2D eigenvalue weighted by atomic mass is 79.9. The Morgan fingerprint density at radius 3 is 2.82 bits per heavy atom. The number of nitrogens with one attached hydrogen (secondary N) is 1. The highest BCUT2D eigenvalue weighted by Gasteiger charge is 2.02. The van der Waals surface area contributed by atoms with Crippen LogP contribution >= 0.6 is 27.7 Å². The van der Waals surface area contributed by atoms with Crippen molar-refractivity contribution < 1.29 is 0 Å². The minimum absolute atomic E-state index is 0.592. The van der Waals surface area contributed by atoms with Gasteiger partial charge in [-0.1, -0.05) is 35.0 Å². The van der Waals surface area contributed by atoms with Gasteiger partial charge in [0.15, 0.2) is 0 Å². The summed E-state index contributed by atoms with van der Waals surface area (Å²) in [6.07, 6.45) is 1.24. The Kier molecular flexibility index (Phi) is 7.24. The molecule has 0 aromatic heterocycles. The fourth-order valence-electron chi connectivity index (χ4n) is 1.54. The fourth-order valence-corrected chi connectivity index (χ4v) is 2.78. The van der Waals surface area contributed by atoms with Crippen LogP contribution in [-0.4, -0.2) is 17.5 Å². The molecule has 1 aromatic carbocycles. The SMILES string of the molecule is CCSCCC(C)NCc1ccc(C)c(Br)c1. The molecule has 1 aromatic rings. The minimum Gasteiger partial charge on any atom is -0.310 e. The quantitative estimate of drug-likeness (QED) is 0.749. The van der Waals surface area contributed by atoms with E-state index < -0.39 is 0 Å². The first-order valence-electron chi connectivity index (χ1n) is 6.19. The van der Waals surface area contributed by atoms with E-state index in [0.717, 1.165) is 6.54 Å². The van der Waals surface area contributed by atoms with Gasteiger partial charge in [0.1, 0.15) is 0 Å². The number of halogens is 1. The largest absolute Gasteiger partial charge is 0.310 e. The zero-order valence-corrected chi connectivity index (χ0v) is 13.3. The normalized spacial score (nSPS) is 12.7. The van der Waals surface area contributed by atoms with E-state index in [1.165, 1.54) is 33.5 Å². The minimum atomic E-state index is 0.592. The molecule has 0 bridgehead atoms. The summed E-state index contributed by atoms with van der Waals surface area (Å²) in [7, 11) is 0. The fraction of sp³-hybridized carbons (Fsp3) is 0.571. The lowest BCUT2D eigenvalue weighted by Gasteiger charge is -2.13. The van der Waals surface area contributed by atoms with Crippen LogP contribution in [-0.2, 0) is 6.54 Å². The van der Waals surface area contributed by atoms with Gasteiger partial charge in [0.05, 0.1) is 0 Å². The summed E-state index contributed by atoms with van der Waals surface area (Å²) in [4.78, 5) is 0. The van der Waals surface area contributed by atoms with Crippen molar-refractivity contribution in [2.75, 3.05) is 11.5 Å². The third-order valence-electron chi connectivity index (χ3n) is 2.79. The van der Waals surface area contributed by atoms with Crippen LogP contribution in [0.1, 0.15) is 31.4 Å². The third kappa shape index (κ3) is 5.94. The van der Waals surface area contributed by atoms with E-state index in [4.69, 9.17) is 0 Å². The summed E-state index contributed by atoms with van der Waals surface area (Å²) in [5.74, 6) is 2.47. The Balaban J connectivity index is 2.31. The van der Waals surface area contributed by atoms with Crippen LogP contribution < -0.4 is 5.32 Å². The Morgan fingerprint density at radius 2 is 2.18 bits per heavy atom. The van der Waals surface area contributed by atoms with Crippen LogP contribution in [0.5, 0.6) is 0 Å². The van der Waals surface area contributed by atoms with Gasteiger partial charge < -0.3 is 5.32 Å². The molecule has 96 valence electrons. The average Bonchev–Trinajstić information content (AvgIpc) is 2.31. The van der Waals surface area contributed by atoms with E-state index in [-0.39, 0.29) is 0 Å². The van der Waals surface area contributed by atoms with Crippen LogP contribution in [0, 0.1) is 6.92 Å². The Hall–Kier alpha value is 0.01000. The van der Waals surface area contributed by atoms with E-state index in [1.807, 2.05) is 11.8 Å². The second-order valence-electron chi connectivity index (χ2n) is 4.35. The molecule has 1 rings (SSSR count). The first-order valence-corrected chi connectivity index (χ1v) is 8.14. The lowest BCUT2D eigenvalue weighted by Crippen LogP contribution is -2.26. The second-order valence-corrected chi connectivity index (χ2v) is 6.60. The van der Waals surface area contributed by atoms with Gasteiger partial charge in [0.25, 0.3) is 0 Å². The van der Waals surface area contributed by atoms with E-state index in [1.54, 1.807) is 0 Å². The smallest absolute Gasteiger partial charge is 0.0208 e. The first-order chi connectivity index (χ1) is 8.13. The van der Waals surface area contributed by atoms with Crippen molar-refractivity contribution in [3.05, 3.63) is 33.8 Å². The van der Waals surface area contributed by atoms with Crippen molar-refractivity contribution in [3.63, 3.8) is 0 Å². The number of benzene rings is 1. The van der Waals surface area contributed by atoms with Crippen LogP contribution in [0.2, 0.25) is 0 Å². The monoisotopic (exact) mass is 315 g/mol. The van der Waals surface area contributed by atoms with E-state index in [9.17, 15) is 0 Å². The van der Waals surface area contributed by atoms with E-state index >= 15 is 0 Å². The molecule has 0 saturated carbocycles. The van der Waals surface area contributed by atoms with E-state index in [0.29, 0.717) is 6.04 Å². The predicted molar refractivity (Wildman–Crippen MR) is 82.8 cm³/mol. The van der Waals surface area contributed by atoms with Crippen molar-refractivity contribution in [3.8, 4) is 0 Å². The molecule has 0 aliphatic heterocycles. The molecule has 0 heterocycles. The van der Waals surface area contributed by atoms with Crippen LogP contribution in [0.3, 0.4) is 0 Å². The van der Waals surface area contributed by atoms with Crippen LogP contribution in [0.4, 0.5) is 0 Å². The van der Waals surface area contributed by atoms with Gasteiger partial charge in [-0.3, -0.25) is 0 Å². The van der Waals surface area contributed by atoms with E-state index in [2.05, 4.69) is 60.2 Å². The molecule has 0 saturated heterocycles. The molecule has 1 atom stereocenters. The van der Waals surface area contributed by atoms with Gasteiger partial charge in [-0.2, -0.15) is 11.8 Å². The number of hydrogen-bond donors (Lipinski definition) is 1. The van der Waals surface area contributed by atoms with Gasteiger partial charge in [-0.15, -0.1) is 0 Å². The molecule has 0 fully saturated rings. The van der Waals surface area contributed by atoms with Crippen molar-refractivity contribution >= 4 is 27.7 Å². The van der Waals surface area contributed by atoms with Crippen LogP contribution in [0.15, 0.2) is 22.7 Å². The predicted octanol–water partition coefficient (Wildman–Crippen LogP) is 4.38. The summed E-state index contributed by atoms with van der Waals surface area (Å²) in [6.45, 7) is 7.55. The summed E-state index contributed by atoms with van der Waals surface area (Å²) in [5, 5.41) is 3.57. The maximum atomic E-state index is 3.57. The first kappa shape index (κ1) is 15.1. The molecule has 0 amide bonds. The molecule has 0 spiro atoms. The summed E-state index contributed by atoms with van der Waals surface area (Å²) >= 11 is 5.59. The highest BCUT2D eigenvalue weighted by molar-refractivity contribution is 9.10. The molecule has 3 heteroatoms. The highest BCUT2D eigenvalue weighted by Crippen LogP contribution is 2.17. The molecule has 0 radical (unpaired) electrons. The number of rotatable bonds is 7. The van der Waals surface area contributed by atoms with Crippen molar-refractivity contribution in [2.24, 2.45) is 0 Å². The van der Waals surface area contributed by atoms with Gasteiger partial charge in [-0.05, 0) is 49.0 Å². The zero-order valence-electron chi connectivity index (χ0n) is 10.9. The maximum absolute atomic E-state index is 3.57. The van der Waals surface area contributed by atoms with Gasteiger partial charge in [0, 0.05) is 17.1 Å². The topological polar surface area (TPSA) is 12.0 Å². The molecule has 17 heavy (non-hydrogen) atoms. The molecule has 1 nitrogen and oxygen atoms in total. The summed E-state index contributed by atoms with van der Waals surface area (Å²) < 4.78 is 1.20.